The molecule has 106 valence electrons. The average molecular weight is 272 g/mol. The predicted octanol–water partition coefficient (Wildman–Crippen LogP) is 2.52. The van der Waals surface area contributed by atoms with Crippen molar-refractivity contribution < 1.29 is 9.90 Å². The Morgan fingerprint density at radius 3 is 2.65 bits per heavy atom. The molecule has 0 saturated heterocycles. The quantitative estimate of drug-likeness (QED) is 0.879. The van der Waals surface area contributed by atoms with Gasteiger partial charge in [-0.05, 0) is 24.3 Å². The summed E-state index contributed by atoms with van der Waals surface area (Å²) in [5.41, 5.74) is -0.446. The van der Waals surface area contributed by atoms with E-state index in [9.17, 15) is 9.90 Å². The van der Waals surface area contributed by atoms with E-state index < -0.39 is 5.60 Å². The third-order valence-electron chi connectivity index (χ3n) is 3.78. The third kappa shape index (κ3) is 2.96. The Bertz CT molecular complexity index is 601. The van der Waals surface area contributed by atoms with Crippen molar-refractivity contribution in [3.05, 3.63) is 42.2 Å². The molecule has 1 amide bonds. The smallest absolute Gasteiger partial charge is 0.270 e. The Hall–Kier alpha value is -1.94. The van der Waals surface area contributed by atoms with Gasteiger partial charge in [0.25, 0.3) is 5.91 Å². The van der Waals surface area contributed by atoms with Crippen LogP contribution in [0.15, 0.2) is 36.5 Å². The van der Waals surface area contributed by atoms with E-state index in [-0.39, 0.29) is 12.5 Å². The molecule has 1 aromatic heterocycles. The third-order valence-corrected chi connectivity index (χ3v) is 3.78. The molecule has 0 unspecified atom stereocenters. The second-order valence-electron chi connectivity index (χ2n) is 4.99. The first kappa shape index (κ1) is 14.5. The Morgan fingerprint density at radius 2 is 1.95 bits per heavy atom. The van der Waals surface area contributed by atoms with Crippen LogP contribution in [-0.4, -0.2) is 28.1 Å². The topological polar surface area (TPSA) is 62.2 Å². The molecule has 0 saturated carbocycles. The molecule has 2 aromatic rings. The highest BCUT2D eigenvalue weighted by molar-refractivity contribution is 6.05. The van der Waals surface area contributed by atoms with E-state index in [4.69, 9.17) is 0 Å². The summed E-state index contributed by atoms with van der Waals surface area (Å²) < 4.78 is 0. The van der Waals surface area contributed by atoms with Gasteiger partial charge in [0.05, 0.1) is 5.60 Å². The number of benzene rings is 1. The molecule has 1 heterocycles. The molecular formula is C16H20N2O2. The lowest BCUT2D eigenvalue weighted by atomic mass is 9.97. The molecule has 4 heteroatoms. The molecule has 2 rings (SSSR count). The lowest BCUT2D eigenvalue weighted by molar-refractivity contribution is 0.0313. The van der Waals surface area contributed by atoms with Crippen molar-refractivity contribution in [2.75, 3.05) is 6.54 Å². The van der Waals surface area contributed by atoms with Crippen molar-refractivity contribution in [1.29, 1.82) is 0 Å². The van der Waals surface area contributed by atoms with Crippen molar-refractivity contribution in [3.63, 3.8) is 0 Å². The minimum absolute atomic E-state index is 0.240. The number of pyridine rings is 1. The number of nitrogens with zero attached hydrogens (tertiary/aromatic N) is 1. The number of carbonyl (C=O) groups excluding carboxylic acids is 1. The molecule has 4 nitrogen and oxygen atoms in total. The van der Waals surface area contributed by atoms with E-state index in [1.807, 2.05) is 44.2 Å². The summed E-state index contributed by atoms with van der Waals surface area (Å²) in [6.45, 7) is 4.06. The summed E-state index contributed by atoms with van der Waals surface area (Å²) in [5.74, 6) is -0.248. The molecule has 0 atom stereocenters. The number of aliphatic hydroxyl groups is 1. The van der Waals surface area contributed by atoms with Gasteiger partial charge in [-0.3, -0.25) is 9.78 Å². The Balaban J connectivity index is 2.20. The number of rotatable bonds is 5. The van der Waals surface area contributed by atoms with Crippen molar-refractivity contribution in [1.82, 2.24) is 10.3 Å². The number of fused-ring (bicyclic) bond motifs is 1. The van der Waals surface area contributed by atoms with E-state index in [0.717, 1.165) is 10.8 Å². The van der Waals surface area contributed by atoms with Crippen LogP contribution in [0.2, 0.25) is 0 Å². The van der Waals surface area contributed by atoms with Crippen molar-refractivity contribution in [2.45, 2.75) is 32.3 Å². The van der Waals surface area contributed by atoms with Crippen LogP contribution in [0.4, 0.5) is 0 Å². The maximum absolute atomic E-state index is 12.3. The van der Waals surface area contributed by atoms with Gasteiger partial charge in [-0.15, -0.1) is 0 Å². The zero-order valence-corrected chi connectivity index (χ0v) is 11.9. The second kappa shape index (κ2) is 6.01. The molecule has 1 aromatic carbocycles. The molecule has 0 aliphatic heterocycles. The van der Waals surface area contributed by atoms with Crippen molar-refractivity contribution in [3.8, 4) is 0 Å². The van der Waals surface area contributed by atoms with Gasteiger partial charge < -0.3 is 10.4 Å². The van der Waals surface area contributed by atoms with Crippen LogP contribution >= 0.6 is 0 Å². The molecular weight excluding hydrogens is 252 g/mol. The molecule has 0 fully saturated rings. The Kier molecular flexibility index (Phi) is 4.35. The molecule has 2 N–H and O–H groups in total. The first-order valence-electron chi connectivity index (χ1n) is 6.94. The van der Waals surface area contributed by atoms with E-state index in [1.54, 1.807) is 6.20 Å². The highest BCUT2D eigenvalue weighted by Gasteiger charge is 2.23. The van der Waals surface area contributed by atoms with Crippen molar-refractivity contribution >= 4 is 16.7 Å². The fourth-order valence-corrected chi connectivity index (χ4v) is 2.13. The molecule has 20 heavy (non-hydrogen) atoms. The minimum atomic E-state index is -0.847. The van der Waals surface area contributed by atoms with Crippen LogP contribution < -0.4 is 5.32 Å². The monoisotopic (exact) mass is 272 g/mol. The van der Waals surface area contributed by atoms with E-state index in [1.165, 1.54) is 0 Å². The predicted molar refractivity (Wildman–Crippen MR) is 79.6 cm³/mol. The fourth-order valence-electron chi connectivity index (χ4n) is 2.13. The lowest BCUT2D eigenvalue weighted by Crippen LogP contribution is -2.42. The average Bonchev–Trinajstić information content (AvgIpc) is 2.51. The molecule has 0 spiro atoms. The largest absolute Gasteiger partial charge is 0.388 e. The Morgan fingerprint density at radius 1 is 1.25 bits per heavy atom. The fraction of sp³-hybridized carbons (Fsp3) is 0.375. The summed E-state index contributed by atoms with van der Waals surface area (Å²) in [4.78, 5) is 16.4. The molecule has 0 radical (unpaired) electrons. The Labute approximate surface area is 118 Å². The zero-order valence-electron chi connectivity index (χ0n) is 11.9. The van der Waals surface area contributed by atoms with Gasteiger partial charge in [-0.25, -0.2) is 0 Å². The number of amides is 1. The van der Waals surface area contributed by atoms with Crippen LogP contribution in [0.25, 0.3) is 10.8 Å². The van der Waals surface area contributed by atoms with Crippen molar-refractivity contribution in [2.24, 2.45) is 0 Å². The zero-order chi connectivity index (χ0) is 14.6. The molecule has 0 bridgehead atoms. The minimum Gasteiger partial charge on any atom is -0.388 e. The van der Waals surface area contributed by atoms with Crippen LogP contribution in [0, 0.1) is 0 Å². The normalized spacial score (nSPS) is 11.6. The number of hydrogen-bond acceptors (Lipinski definition) is 3. The maximum atomic E-state index is 12.3. The van der Waals surface area contributed by atoms with Gasteiger partial charge >= 0.3 is 0 Å². The summed E-state index contributed by atoms with van der Waals surface area (Å²) in [6.07, 6.45) is 2.84. The molecule has 0 aliphatic carbocycles. The van der Waals surface area contributed by atoms with Crippen LogP contribution in [0.1, 0.15) is 37.2 Å². The first-order chi connectivity index (χ1) is 9.59. The summed E-state index contributed by atoms with van der Waals surface area (Å²) in [7, 11) is 0. The summed E-state index contributed by atoms with van der Waals surface area (Å²) in [5, 5.41) is 14.8. The van der Waals surface area contributed by atoms with Crippen LogP contribution in [0.3, 0.4) is 0 Å². The number of hydrogen-bond donors (Lipinski definition) is 2. The number of aromatic nitrogens is 1. The maximum Gasteiger partial charge on any atom is 0.270 e. The lowest BCUT2D eigenvalue weighted by Gasteiger charge is -2.25. The second-order valence-corrected chi connectivity index (χ2v) is 4.99. The van der Waals surface area contributed by atoms with Gasteiger partial charge in [0, 0.05) is 18.1 Å². The van der Waals surface area contributed by atoms with E-state index in [2.05, 4.69) is 10.3 Å². The van der Waals surface area contributed by atoms with Gasteiger partial charge in [0.1, 0.15) is 5.69 Å². The standard InChI is InChI=1S/C16H20N2O2/c1-3-16(20,4-2)11-18-15(19)14-13-8-6-5-7-12(13)9-10-17-14/h5-10,20H,3-4,11H2,1-2H3,(H,18,19). The van der Waals surface area contributed by atoms with E-state index in [0.29, 0.717) is 18.5 Å². The number of nitrogens with one attached hydrogen (secondary N) is 1. The van der Waals surface area contributed by atoms with Gasteiger partial charge in [0.2, 0.25) is 0 Å². The van der Waals surface area contributed by atoms with Gasteiger partial charge in [-0.1, -0.05) is 38.1 Å². The first-order valence-corrected chi connectivity index (χ1v) is 6.94. The van der Waals surface area contributed by atoms with E-state index >= 15 is 0 Å². The SMILES string of the molecule is CCC(O)(CC)CNC(=O)c1nccc2ccccc12. The highest BCUT2D eigenvalue weighted by atomic mass is 16.3. The van der Waals surface area contributed by atoms with Crippen LogP contribution in [-0.2, 0) is 0 Å². The highest BCUT2D eigenvalue weighted by Crippen LogP contribution is 2.17. The molecule has 0 aliphatic rings. The summed E-state index contributed by atoms with van der Waals surface area (Å²) >= 11 is 0. The van der Waals surface area contributed by atoms with Crippen LogP contribution in [0.5, 0.6) is 0 Å². The number of carbonyl (C=O) groups is 1. The van der Waals surface area contributed by atoms with Gasteiger partial charge in [-0.2, -0.15) is 0 Å². The van der Waals surface area contributed by atoms with Gasteiger partial charge in [0.15, 0.2) is 0 Å². The summed E-state index contributed by atoms with van der Waals surface area (Å²) in [6, 6.07) is 9.51.